The van der Waals surface area contributed by atoms with Gasteiger partial charge >= 0.3 is 0 Å². The second-order valence-corrected chi connectivity index (χ2v) is 4.55. The van der Waals surface area contributed by atoms with Crippen LogP contribution >= 0.6 is 11.3 Å². The van der Waals surface area contributed by atoms with Gasteiger partial charge in [0.15, 0.2) is 5.13 Å². The highest BCUT2D eigenvalue weighted by molar-refractivity contribution is 7.13. The Balaban J connectivity index is 1.97. The summed E-state index contributed by atoms with van der Waals surface area (Å²) >= 11 is 1.54. The van der Waals surface area contributed by atoms with E-state index in [-0.39, 0.29) is 0 Å². The minimum Gasteiger partial charge on any atom is -0.375 e. The van der Waals surface area contributed by atoms with Crippen molar-refractivity contribution in [3.05, 3.63) is 11.1 Å². The molecule has 0 bridgehead atoms. The maximum atomic E-state index is 5.58. The minimum atomic E-state index is 0.682. The van der Waals surface area contributed by atoms with Gasteiger partial charge in [0, 0.05) is 17.8 Å². The van der Waals surface area contributed by atoms with Crippen molar-refractivity contribution >= 4 is 16.5 Å². The standard InChI is InChI=1S/C9H15N3S/c1-12-4-2-3-8(12)5-7-6-13-9(10)11-7/h6,8H,2-5H2,1H3,(H2,10,11). The van der Waals surface area contributed by atoms with Crippen molar-refractivity contribution in [3.63, 3.8) is 0 Å². The molecule has 4 heteroatoms. The van der Waals surface area contributed by atoms with Crippen LogP contribution in [0.5, 0.6) is 0 Å². The van der Waals surface area contributed by atoms with Crippen molar-refractivity contribution in [2.75, 3.05) is 19.3 Å². The Labute approximate surface area is 82.6 Å². The second-order valence-electron chi connectivity index (χ2n) is 3.66. The first-order valence-electron chi connectivity index (χ1n) is 4.66. The molecule has 1 aliphatic heterocycles. The highest BCUT2D eigenvalue weighted by Gasteiger charge is 2.21. The summed E-state index contributed by atoms with van der Waals surface area (Å²) in [5.41, 5.74) is 6.74. The fourth-order valence-corrected chi connectivity index (χ4v) is 2.47. The zero-order valence-electron chi connectivity index (χ0n) is 7.86. The van der Waals surface area contributed by atoms with Crippen LogP contribution in [-0.4, -0.2) is 29.5 Å². The Morgan fingerprint density at radius 3 is 3.15 bits per heavy atom. The molecule has 13 heavy (non-hydrogen) atoms. The number of likely N-dealkylation sites (N-methyl/N-ethyl adjacent to an activating group) is 1. The van der Waals surface area contributed by atoms with E-state index in [1.54, 1.807) is 0 Å². The summed E-state index contributed by atoms with van der Waals surface area (Å²) < 4.78 is 0. The topological polar surface area (TPSA) is 42.1 Å². The highest BCUT2D eigenvalue weighted by atomic mass is 32.1. The third-order valence-electron chi connectivity index (χ3n) is 2.69. The van der Waals surface area contributed by atoms with Crippen molar-refractivity contribution in [2.45, 2.75) is 25.3 Å². The summed E-state index contributed by atoms with van der Waals surface area (Å²) in [7, 11) is 2.19. The van der Waals surface area contributed by atoms with E-state index in [1.807, 2.05) is 0 Å². The maximum Gasteiger partial charge on any atom is 0.180 e. The molecule has 1 aromatic rings. The predicted molar refractivity (Wildman–Crippen MR) is 55.9 cm³/mol. The quantitative estimate of drug-likeness (QED) is 0.778. The van der Waals surface area contributed by atoms with E-state index < -0.39 is 0 Å². The minimum absolute atomic E-state index is 0.682. The summed E-state index contributed by atoms with van der Waals surface area (Å²) in [6.45, 7) is 1.23. The second kappa shape index (κ2) is 3.64. The monoisotopic (exact) mass is 197 g/mol. The normalized spacial score (nSPS) is 23.9. The molecule has 1 fully saturated rings. The molecule has 0 aliphatic carbocycles. The van der Waals surface area contributed by atoms with Crippen LogP contribution in [0.25, 0.3) is 0 Å². The van der Waals surface area contributed by atoms with Crippen molar-refractivity contribution in [1.82, 2.24) is 9.88 Å². The van der Waals surface area contributed by atoms with Crippen molar-refractivity contribution < 1.29 is 0 Å². The molecule has 1 aromatic heterocycles. The first kappa shape index (κ1) is 8.97. The number of nitrogens with two attached hydrogens (primary N) is 1. The van der Waals surface area contributed by atoms with E-state index in [0.29, 0.717) is 11.2 Å². The first-order valence-corrected chi connectivity index (χ1v) is 5.54. The van der Waals surface area contributed by atoms with Gasteiger partial charge in [-0.05, 0) is 26.4 Å². The molecule has 0 amide bonds. The number of hydrogen-bond donors (Lipinski definition) is 1. The number of thiazole rings is 1. The van der Waals surface area contributed by atoms with Gasteiger partial charge in [-0.25, -0.2) is 4.98 Å². The molecule has 1 atom stereocenters. The number of nitrogens with zero attached hydrogens (tertiary/aromatic N) is 2. The largest absolute Gasteiger partial charge is 0.375 e. The van der Waals surface area contributed by atoms with Crippen LogP contribution in [0.3, 0.4) is 0 Å². The lowest BCUT2D eigenvalue weighted by Gasteiger charge is -2.17. The molecule has 2 heterocycles. The maximum absolute atomic E-state index is 5.58. The van der Waals surface area contributed by atoms with Crippen molar-refractivity contribution in [2.24, 2.45) is 0 Å². The van der Waals surface area contributed by atoms with E-state index in [1.165, 1.54) is 30.7 Å². The summed E-state index contributed by atoms with van der Waals surface area (Å²) in [5.74, 6) is 0. The van der Waals surface area contributed by atoms with Gasteiger partial charge in [0.05, 0.1) is 5.69 Å². The lowest BCUT2D eigenvalue weighted by molar-refractivity contribution is 0.308. The number of rotatable bonds is 2. The van der Waals surface area contributed by atoms with Crippen LogP contribution in [0.1, 0.15) is 18.5 Å². The van der Waals surface area contributed by atoms with Crippen LogP contribution < -0.4 is 5.73 Å². The van der Waals surface area contributed by atoms with Crippen molar-refractivity contribution in [1.29, 1.82) is 0 Å². The number of likely N-dealkylation sites (tertiary alicyclic amines) is 1. The van der Waals surface area contributed by atoms with Gasteiger partial charge < -0.3 is 10.6 Å². The Morgan fingerprint density at radius 2 is 2.62 bits per heavy atom. The fourth-order valence-electron chi connectivity index (χ4n) is 1.89. The highest BCUT2D eigenvalue weighted by Crippen LogP contribution is 2.20. The molecule has 1 saturated heterocycles. The number of hydrogen-bond acceptors (Lipinski definition) is 4. The van der Waals surface area contributed by atoms with E-state index >= 15 is 0 Å². The average Bonchev–Trinajstić information content (AvgIpc) is 2.64. The molecule has 0 saturated carbocycles. The molecule has 1 aliphatic rings. The smallest absolute Gasteiger partial charge is 0.180 e. The summed E-state index contributed by atoms with van der Waals surface area (Å²) in [6, 6.07) is 0.682. The van der Waals surface area contributed by atoms with E-state index in [2.05, 4.69) is 22.3 Å². The van der Waals surface area contributed by atoms with Gasteiger partial charge in [-0.1, -0.05) is 0 Å². The fraction of sp³-hybridized carbons (Fsp3) is 0.667. The van der Waals surface area contributed by atoms with E-state index in [9.17, 15) is 0 Å². The Bertz CT molecular complexity index is 284. The van der Waals surface area contributed by atoms with Crippen molar-refractivity contribution in [3.8, 4) is 0 Å². The average molecular weight is 197 g/mol. The zero-order valence-corrected chi connectivity index (χ0v) is 8.68. The van der Waals surface area contributed by atoms with Crippen LogP contribution in [0.4, 0.5) is 5.13 Å². The Kier molecular flexibility index (Phi) is 2.51. The molecule has 2 N–H and O–H groups in total. The predicted octanol–water partition coefficient (Wildman–Crippen LogP) is 1.36. The molecule has 1 unspecified atom stereocenters. The molecule has 72 valence electrons. The molecule has 0 radical (unpaired) electrons. The number of nitrogen functional groups attached to an aromatic ring is 1. The first-order chi connectivity index (χ1) is 6.25. The molecule has 0 aromatic carbocycles. The summed E-state index contributed by atoms with van der Waals surface area (Å²) in [5, 5.41) is 2.76. The summed E-state index contributed by atoms with van der Waals surface area (Å²) in [4.78, 5) is 6.69. The number of aromatic nitrogens is 1. The van der Waals surface area contributed by atoms with Gasteiger partial charge in [-0.2, -0.15) is 0 Å². The molecule has 2 rings (SSSR count). The Morgan fingerprint density at radius 1 is 1.77 bits per heavy atom. The van der Waals surface area contributed by atoms with Gasteiger partial charge in [-0.15, -0.1) is 11.3 Å². The lowest BCUT2D eigenvalue weighted by atomic mass is 10.1. The third-order valence-corrected chi connectivity index (χ3v) is 3.41. The van der Waals surface area contributed by atoms with E-state index in [0.717, 1.165) is 12.1 Å². The summed E-state index contributed by atoms with van der Waals surface area (Å²) in [6.07, 6.45) is 3.68. The van der Waals surface area contributed by atoms with Crippen LogP contribution in [0.15, 0.2) is 5.38 Å². The molecule has 3 nitrogen and oxygen atoms in total. The van der Waals surface area contributed by atoms with Crippen LogP contribution in [-0.2, 0) is 6.42 Å². The molecular weight excluding hydrogens is 182 g/mol. The lowest BCUT2D eigenvalue weighted by Crippen LogP contribution is -2.26. The zero-order chi connectivity index (χ0) is 9.26. The van der Waals surface area contributed by atoms with Crippen LogP contribution in [0, 0.1) is 0 Å². The van der Waals surface area contributed by atoms with Gasteiger partial charge in [0.2, 0.25) is 0 Å². The third kappa shape index (κ3) is 2.00. The SMILES string of the molecule is CN1CCCC1Cc1csc(N)n1. The van der Waals surface area contributed by atoms with Gasteiger partial charge in [0.1, 0.15) is 0 Å². The molecular formula is C9H15N3S. The number of anilines is 1. The molecule has 0 spiro atoms. The Hall–Kier alpha value is -0.610. The van der Waals surface area contributed by atoms with Gasteiger partial charge in [-0.3, -0.25) is 0 Å². The van der Waals surface area contributed by atoms with E-state index in [4.69, 9.17) is 5.73 Å². The van der Waals surface area contributed by atoms with Gasteiger partial charge in [0.25, 0.3) is 0 Å². The van der Waals surface area contributed by atoms with Crippen LogP contribution in [0.2, 0.25) is 0 Å².